The lowest BCUT2D eigenvalue weighted by Gasteiger charge is -2.16. The first-order valence-corrected chi connectivity index (χ1v) is 6.09. The van der Waals surface area contributed by atoms with Gasteiger partial charge in [0.25, 0.3) is 0 Å². The second-order valence-corrected chi connectivity index (χ2v) is 5.19. The Hall–Kier alpha value is -1.38. The minimum atomic E-state index is -0.386. The van der Waals surface area contributed by atoms with E-state index in [9.17, 15) is 9.18 Å². The zero-order chi connectivity index (χ0) is 12.5. The van der Waals surface area contributed by atoms with Crippen LogP contribution >= 0.6 is 0 Å². The predicted octanol–water partition coefficient (Wildman–Crippen LogP) is 2.63. The molecule has 1 saturated carbocycles. The lowest BCUT2D eigenvalue weighted by molar-refractivity contribution is -0.123. The van der Waals surface area contributed by atoms with Crippen molar-refractivity contribution in [1.82, 2.24) is 5.32 Å². The third kappa shape index (κ3) is 2.48. The third-order valence-electron chi connectivity index (χ3n) is 3.25. The smallest absolute Gasteiger partial charge is 0.230 e. The first kappa shape index (κ1) is 12.1. The Kier molecular flexibility index (Phi) is 3.18. The minimum Gasteiger partial charge on any atom is -0.355 e. The SMILES string of the molecule is CC(C)CNC(=O)C1(c2ccc(F)cc2)CC1. The van der Waals surface area contributed by atoms with Gasteiger partial charge < -0.3 is 5.32 Å². The minimum absolute atomic E-state index is 0.0813. The molecule has 0 saturated heterocycles. The molecule has 1 fully saturated rings. The number of rotatable bonds is 4. The van der Waals surface area contributed by atoms with E-state index in [2.05, 4.69) is 19.2 Å². The van der Waals surface area contributed by atoms with E-state index < -0.39 is 0 Å². The number of benzene rings is 1. The Morgan fingerprint density at radius 1 is 1.35 bits per heavy atom. The molecule has 1 amide bonds. The Morgan fingerprint density at radius 3 is 2.41 bits per heavy atom. The second kappa shape index (κ2) is 4.47. The molecule has 1 aromatic carbocycles. The van der Waals surface area contributed by atoms with E-state index in [1.165, 1.54) is 12.1 Å². The van der Waals surface area contributed by atoms with Crippen molar-refractivity contribution >= 4 is 5.91 Å². The fourth-order valence-electron chi connectivity index (χ4n) is 2.01. The van der Waals surface area contributed by atoms with Crippen molar-refractivity contribution in [3.63, 3.8) is 0 Å². The van der Waals surface area contributed by atoms with Crippen LogP contribution < -0.4 is 5.32 Å². The van der Waals surface area contributed by atoms with Crippen molar-refractivity contribution < 1.29 is 9.18 Å². The van der Waals surface area contributed by atoms with Gasteiger partial charge in [0.2, 0.25) is 5.91 Å². The fraction of sp³-hybridized carbons (Fsp3) is 0.500. The molecule has 1 aliphatic carbocycles. The Balaban J connectivity index is 2.08. The summed E-state index contributed by atoms with van der Waals surface area (Å²) < 4.78 is 12.8. The van der Waals surface area contributed by atoms with Gasteiger partial charge in [0, 0.05) is 6.54 Å². The van der Waals surface area contributed by atoms with E-state index in [1.807, 2.05) is 0 Å². The number of carbonyl (C=O) groups excluding carboxylic acids is 1. The maximum absolute atomic E-state index is 12.8. The van der Waals surface area contributed by atoms with Crippen LogP contribution in [-0.4, -0.2) is 12.5 Å². The maximum atomic E-state index is 12.8. The third-order valence-corrected chi connectivity index (χ3v) is 3.25. The quantitative estimate of drug-likeness (QED) is 0.854. The summed E-state index contributed by atoms with van der Waals surface area (Å²) in [6, 6.07) is 6.28. The molecule has 2 rings (SSSR count). The summed E-state index contributed by atoms with van der Waals surface area (Å²) in [6.07, 6.45) is 1.73. The zero-order valence-electron chi connectivity index (χ0n) is 10.3. The number of hydrogen-bond acceptors (Lipinski definition) is 1. The van der Waals surface area contributed by atoms with Crippen molar-refractivity contribution in [1.29, 1.82) is 0 Å². The number of nitrogens with one attached hydrogen (secondary N) is 1. The van der Waals surface area contributed by atoms with Gasteiger partial charge in [-0.3, -0.25) is 4.79 Å². The van der Waals surface area contributed by atoms with Gasteiger partial charge >= 0.3 is 0 Å². The van der Waals surface area contributed by atoms with E-state index in [0.29, 0.717) is 12.5 Å². The molecular formula is C14H18FNO. The van der Waals surface area contributed by atoms with Crippen LogP contribution in [0.3, 0.4) is 0 Å². The number of amides is 1. The van der Waals surface area contributed by atoms with Gasteiger partial charge in [-0.2, -0.15) is 0 Å². The van der Waals surface area contributed by atoms with Crippen LogP contribution in [0.5, 0.6) is 0 Å². The first-order valence-electron chi connectivity index (χ1n) is 6.09. The van der Waals surface area contributed by atoms with Crippen LogP contribution in [0.15, 0.2) is 24.3 Å². The van der Waals surface area contributed by atoms with Gasteiger partial charge in [0.05, 0.1) is 5.41 Å². The highest BCUT2D eigenvalue weighted by molar-refractivity contribution is 5.91. The highest BCUT2D eigenvalue weighted by Crippen LogP contribution is 2.48. The van der Waals surface area contributed by atoms with Gasteiger partial charge in [-0.25, -0.2) is 4.39 Å². The fourth-order valence-corrected chi connectivity index (χ4v) is 2.01. The molecule has 0 radical (unpaired) electrons. The average Bonchev–Trinajstić information content (AvgIpc) is 3.08. The van der Waals surface area contributed by atoms with Crippen LogP contribution in [0.25, 0.3) is 0 Å². The van der Waals surface area contributed by atoms with Crippen LogP contribution in [0.2, 0.25) is 0 Å². The van der Waals surface area contributed by atoms with E-state index in [1.54, 1.807) is 12.1 Å². The molecule has 17 heavy (non-hydrogen) atoms. The summed E-state index contributed by atoms with van der Waals surface area (Å²) in [5.41, 5.74) is 0.544. The Bertz CT molecular complexity index is 407. The standard InChI is InChI=1S/C14H18FNO/c1-10(2)9-16-13(17)14(7-8-14)11-3-5-12(15)6-4-11/h3-6,10H,7-9H2,1-2H3,(H,16,17). The zero-order valence-corrected chi connectivity index (χ0v) is 10.3. The number of carbonyl (C=O) groups is 1. The molecule has 1 aromatic rings. The molecule has 92 valence electrons. The van der Waals surface area contributed by atoms with Gasteiger partial charge in [-0.15, -0.1) is 0 Å². The van der Waals surface area contributed by atoms with Gasteiger partial charge in [0.1, 0.15) is 5.82 Å². The van der Waals surface area contributed by atoms with Gasteiger partial charge in [0.15, 0.2) is 0 Å². The summed E-state index contributed by atoms with van der Waals surface area (Å²) in [6.45, 7) is 4.83. The van der Waals surface area contributed by atoms with Crippen LogP contribution in [0, 0.1) is 11.7 Å². The molecule has 0 heterocycles. The maximum Gasteiger partial charge on any atom is 0.230 e. The topological polar surface area (TPSA) is 29.1 Å². The molecule has 0 aromatic heterocycles. The normalized spacial score (nSPS) is 16.9. The number of halogens is 1. The van der Waals surface area contributed by atoms with Crippen molar-refractivity contribution in [2.24, 2.45) is 5.92 Å². The van der Waals surface area contributed by atoms with E-state index in [-0.39, 0.29) is 17.1 Å². The highest BCUT2D eigenvalue weighted by atomic mass is 19.1. The molecule has 3 heteroatoms. The summed E-state index contributed by atoms with van der Waals surface area (Å²) in [7, 11) is 0. The molecule has 1 N–H and O–H groups in total. The molecule has 0 spiro atoms. The van der Waals surface area contributed by atoms with Crippen molar-refractivity contribution in [2.45, 2.75) is 32.1 Å². The van der Waals surface area contributed by atoms with Crippen molar-refractivity contribution in [2.75, 3.05) is 6.54 Å². The highest BCUT2D eigenvalue weighted by Gasteiger charge is 2.51. The summed E-state index contributed by atoms with van der Waals surface area (Å²) in [5.74, 6) is 0.271. The Morgan fingerprint density at radius 2 is 1.94 bits per heavy atom. The van der Waals surface area contributed by atoms with Gasteiger partial charge in [-0.05, 0) is 36.5 Å². The lowest BCUT2D eigenvalue weighted by atomic mass is 9.95. The molecular weight excluding hydrogens is 217 g/mol. The van der Waals surface area contributed by atoms with Crippen molar-refractivity contribution in [3.8, 4) is 0 Å². The monoisotopic (exact) mass is 235 g/mol. The predicted molar refractivity (Wildman–Crippen MR) is 65.2 cm³/mol. The van der Waals surface area contributed by atoms with Crippen LogP contribution in [0.4, 0.5) is 4.39 Å². The summed E-state index contributed by atoms with van der Waals surface area (Å²) in [5, 5.41) is 2.97. The molecule has 0 atom stereocenters. The average molecular weight is 235 g/mol. The van der Waals surface area contributed by atoms with E-state index in [0.717, 1.165) is 18.4 Å². The van der Waals surface area contributed by atoms with E-state index >= 15 is 0 Å². The Labute approximate surface area is 101 Å². The van der Waals surface area contributed by atoms with Crippen LogP contribution in [0.1, 0.15) is 32.3 Å². The lowest BCUT2D eigenvalue weighted by Crippen LogP contribution is -2.36. The largest absolute Gasteiger partial charge is 0.355 e. The molecule has 2 nitrogen and oxygen atoms in total. The first-order chi connectivity index (χ1) is 8.04. The molecule has 0 aliphatic heterocycles. The number of hydrogen-bond donors (Lipinski definition) is 1. The van der Waals surface area contributed by atoms with Crippen molar-refractivity contribution in [3.05, 3.63) is 35.6 Å². The van der Waals surface area contributed by atoms with E-state index in [4.69, 9.17) is 0 Å². The van der Waals surface area contributed by atoms with Crippen LogP contribution in [-0.2, 0) is 10.2 Å². The molecule has 0 bridgehead atoms. The second-order valence-electron chi connectivity index (χ2n) is 5.19. The summed E-state index contributed by atoms with van der Waals surface area (Å²) >= 11 is 0. The molecule has 1 aliphatic rings. The van der Waals surface area contributed by atoms with Gasteiger partial charge in [-0.1, -0.05) is 26.0 Å². The molecule has 0 unspecified atom stereocenters. The summed E-state index contributed by atoms with van der Waals surface area (Å²) in [4.78, 5) is 12.1.